The van der Waals surface area contributed by atoms with Crippen molar-refractivity contribution in [2.75, 3.05) is 12.8 Å². The largest absolute Gasteiger partial charge is 0.496 e. The van der Waals surface area contributed by atoms with Crippen molar-refractivity contribution in [3.63, 3.8) is 0 Å². The van der Waals surface area contributed by atoms with Gasteiger partial charge in [0.1, 0.15) is 11.6 Å². The lowest BCUT2D eigenvalue weighted by Gasteiger charge is -2.12. The van der Waals surface area contributed by atoms with Gasteiger partial charge in [0.15, 0.2) is 5.82 Å². The number of aromatic nitrogens is 3. The fourth-order valence-corrected chi connectivity index (χ4v) is 1.99. The van der Waals surface area contributed by atoms with Crippen LogP contribution in [0.3, 0.4) is 0 Å². The lowest BCUT2D eigenvalue weighted by atomic mass is 10.0. The van der Waals surface area contributed by atoms with Gasteiger partial charge in [-0.1, -0.05) is 6.07 Å². The first-order valence-electron chi connectivity index (χ1n) is 5.65. The first-order chi connectivity index (χ1) is 8.51. The van der Waals surface area contributed by atoms with Gasteiger partial charge in [-0.15, -0.1) is 0 Å². The van der Waals surface area contributed by atoms with Crippen molar-refractivity contribution >= 4 is 5.95 Å². The highest BCUT2D eigenvalue weighted by atomic mass is 16.5. The number of nitrogens with zero attached hydrogens (tertiary/aromatic N) is 3. The molecule has 2 N–H and O–H groups in total. The molecule has 0 fully saturated rings. The van der Waals surface area contributed by atoms with Gasteiger partial charge in [-0.05, 0) is 38.0 Å². The second-order valence-corrected chi connectivity index (χ2v) is 4.22. The molecule has 5 heteroatoms. The maximum Gasteiger partial charge on any atom is 0.223 e. The van der Waals surface area contributed by atoms with Crippen LogP contribution in [0.15, 0.2) is 12.1 Å². The molecule has 1 aromatic carbocycles. The summed E-state index contributed by atoms with van der Waals surface area (Å²) in [5.41, 5.74) is 8.71. The summed E-state index contributed by atoms with van der Waals surface area (Å²) in [6, 6.07) is 4.02. The maximum atomic E-state index is 5.67. The van der Waals surface area contributed by atoms with Crippen LogP contribution in [-0.2, 0) is 0 Å². The molecular weight excluding hydrogens is 228 g/mol. The van der Waals surface area contributed by atoms with Crippen LogP contribution in [0.1, 0.15) is 17.0 Å². The zero-order chi connectivity index (χ0) is 13.3. The van der Waals surface area contributed by atoms with E-state index in [1.54, 1.807) is 14.0 Å². The van der Waals surface area contributed by atoms with Crippen molar-refractivity contribution in [2.24, 2.45) is 0 Å². The Hall–Kier alpha value is -2.17. The third-order valence-electron chi connectivity index (χ3n) is 2.65. The quantitative estimate of drug-likeness (QED) is 0.875. The Morgan fingerprint density at radius 2 is 1.78 bits per heavy atom. The summed E-state index contributed by atoms with van der Waals surface area (Å²) >= 11 is 0. The average molecular weight is 244 g/mol. The number of ether oxygens (including phenoxy) is 1. The SMILES string of the molecule is COc1cc(C)cc(C)c1-c1nc(C)nc(N)n1. The van der Waals surface area contributed by atoms with Crippen LogP contribution in [-0.4, -0.2) is 22.1 Å². The highest BCUT2D eigenvalue weighted by molar-refractivity contribution is 5.69. The molecule has 2 rings (SSSR count). The molecule has 0 bridgehead atoms. The molecule has 0 aliphatic heterocycles. The first-order valence-corrected chi connectivity index (χ1v) is 5.65. The van der Waals surface area contributed by atoms with Gasteiger partial charge < -0.3 is 10.5 Å². The number of anilines is 1. The van der Waals surface area contributed by atoms with Gasteiger partial charge in [0.25, 0.3) is 0 Å². The highest BCUT2D eigenvalue weighted by Crippen LogP contribution is 2.32. The number of nitrogens with two attached hydrogens (primary N) is 1. The van der Waals surface area contributed by atoms with E-state index in [0.717, 1.165) is 22.4 Å². The van der Waals surface area contributed by atoms with Crippen LogP contribution in [0.5, 0.6) is 5.75 Å². The van der Waals surface area contributed by atoms with E-state index in [4.69, 9.17) is 10.5 Å². The summed E-state index contributed by atoms with van der Waals surface area (Å²) in [7, 11) is 1.63. The van der Waals surface area contributed by atoms with Crippen molar-refractivity contribution in [1.29, 1.82) is 0 Å². The molecule has 0 amide bonds. The summed E-state index contributed by atoms with van der Waals surface area (Å²) < 4.78 is 5.40. The molecule has 0 saturated heterocycles. The Morgan fingerprint density at radius 1 is 1.06 bits per heavy atom. The van der Waals surface area contributed by atoms with Gasteiger partial charge in [-0.3, -0.25) is 0 Å². The zero-order valence-corrected chi connectivity index (χ0v) is 11.0. The van der Waals surface area contributed by atoms with Gasteiger partial charge in [-0.2, -0.15) is 9.97 Å². The molecule has 5 nitrogen and oxygen atoms in total. The fraction of sp³-hybridized carbons (Fsp3) is 0.308. The Balaban J connectivity index is 2.69. The molecule has 0 aliphatic carbocycles. The number of aryl methyl sites for hydroxylation is 3. The van der Waals surface area contributed by atoms with E-state index in [2.05, 4.69) is 21.0 Å². The molecule has 18 heavy (non-hydrogen) atoms. The second kappa shape index (κ2) is 4.60. The van der Waals surface area contributed by atoms with Crippen LogP contribution in [0, 0.1) is 20.8 Å². The molecule has 0 spiro atoms. The molecule has 0 saturated carbocycles. The predicted octanol–water partition coefficient (Wildman–Crippen LogP) is 2.05. The van der Waals surface area contributed by atoms with E-state index in [1.165, 1.54) is 0 Å². The van der Waals surface area contributed by atoms with E-state index in [9.17, 15) is 0 Å². The molecule has 0 aliphatic rings. The average Bonchev–Trinajstić information content (AvgIpc) is 2.26. The summed E-state index contributed by atoms with van der Waals surface area (Å²) in [6.07, 6.45) is 0. The predicted molar refractivity (Wildman–Crippen MR) is 70.4 cm³/mol. The molecule has 0 radical (unpaired) electrons. The van der Waals surface area contributed by atoms with Crippen molar-refractivity contribution in [1.82, 2.24) is 15.0 Å². The van der Waals surface area contributed by atoms with E-state index in [-0.39, 0.29) is 5.95 Å². The van der Waals surface area contributed by atoms with Crippen LogP contribution >= 0.6 is 0 Å². The lowest BCUT2D eigenvalue weighted by Crippen LogP contribution is -2.04. The second-order valence-electron chi connectivity index (χ2n) is 4.22. The molecule has 94 valence electrons. The van der Waals surface area contributed by atoms with E-state index in [0.29, 0.717) is 11.6 Å². The number of nitrogen functional groups attached to an aromatic ring is 1. The highest BCUT2D eigenvalue weighted by Gasteiger charge is 2.14. The molecular formula is C13H16N4O. The van der Waals surface area contributed by atoms with Crippen molar-refractivity contribution in [3.05, 3.63) is 29.1 Å². The Bertz CT molecular complexity index is 576. The Morgan fingerprint density at radius 3 is 2.39 bits per heavy atom. The Labute approximate surface area is 106 Å². The van der Waals surface area contributed by atoms with Gasteiger partial charge in [-0.25, -0.2) is 4.98 Å². The van der Waals surface area contributed by atoms with Gasteiger partial charge in [0, 0.05) is 0 Å². The normalized spacial score (nSPS) is 10.4. The van der Waals surface area contributed by atoms with Crippen molar-refractivity contribution < 1.29 is 4.74 Å². The van der Waals surface area contributed by atoms with Crippen LogP contribution < -0.4 is 10.5 Å². The zero-order valence-electron chi connectivity index (χ0n) is 11.0. The molecule has 0 atom stereocenters. The maximum absolute atomic E-state index is 5.67. The number of hydrogen-bond acceptors (Lipinski definition) is 5. The van der Waals surface area contributed by atoms with Crippen LogP contribution in [0.2, 0.25) is 0 Å². The first kappa shape index (κ1) is 12.3. The van der Waals surface area contributed by atoms with Crippen molar-refractivity contribution in [2.45, 2.75) is 20.8 Å². The molecule has 0 unspecified atom stereocenters. The van der Waals surface area contributed by atoms with E-state index >= 15 is 0 Å². The number of methoxy groups -OCH3 is 1. The molecule has 2 aromatic rings. The third-order valence-corrected chi connectivity index (χ3v) is 2.65. The number of hydrogen-bond donors (Lipinski definition) is 1. The summed E-state index contributed by atoms with van der Waals surface area (Å²) in [6.45, 7) is 5.81. The van der Waals surface area contributed by atoms with Crippen LogP contribution in [0.25, 0.3) is 11.4 Å². The van der Waals surface area contributed by atoms with Crippen molar-refractivity contribution in [3.8, 4) is 17.1 Å². The smallest absolute Gasteiger partial charge is 0.223 e. The number of benzene rings is 1. The summed E-state index contributed by atoms with van der Waals surface area (Å²) in [4.78, 5) is 12.5. The van der Waals surface area contributed by atoms with E-state index < -0.39 is 0 Å². The minimum absolute atomic E-state index is 0.222. The summed E-state index contributed by atoms with van der Waals surface area (Å²) in [5.74, 6) is 2.12. The monoisotopic (exact) mass is 244 g/mol. The number of rotatable bonds is 2. The van der Waals surface area contributed by atoms with Gasteiger partial charge in [0.2, 0.25) is 5.95 Å². The van der Waals surface area contributed by atoms with Gasteiger partial charge in [0.05, 0.1) is 12.7 Å². The van der Waals surface area contributed by atoms with Gasteiger partial charge >= 0.3 is 0 Å². The fourth-order valence-electron chi connectivity index (χ4n) is 1.99. The topological polar surface area (TPSA) is 73.9 Å². The minimum atomic E-state index is 0.222. The molecule has 1 heterocycles. The summed E-state index contributed by atoms with van der Waals surface area (Å²) in [5, 5.41) is 0. The third kappa shape index (κ3) is 2.25. The Kier molecular flexibility index (Phi) is 3.14. The molecule has 1 aromatic heterocycles. The standard InChI is InChI=1S/C13H16N4O/c1-7-5-8(2)11(10(6-7)18-4)12-15-9(3)16-13(14)17-12/h5-6H,1-4H3,(H2,14,15,16,17). The minimum Gasteiger partial charge on any atom is -0.496 e. The lowest BCUT2D eigenvalue weighted by molar-refractivity contribution is 0.415. The van der Waals surface area contributed by atoms with E-state index in [1.807, 2.05) is 19.9 Å². The van der Waals surface area contributed by atoms with Crippen LogP contribution in [0.4, 0.5) is 5.95 Å².